The lowest BCUT2D eigenvalue weighted by Crippen LogP contribution is -2.45. The van der Waals surface area contributed by atoms with Crippen molar-refractivity contribution in [2.45, 2.75) is 373 Å². The molecule has 2 unspecified atom stereocenters. The molecule has 2 atom stereocenters. The number of aliphatic hydroxyl groups is 2. The van der Waals surface area contributed by atoms with Crippen LogP contribution < -0.4 is 5.32 Å². The van der Waals surface area contributed by atoms with Crippen molar-refractivity contribution in [3.8, 4) is 0 Å². The first-order chi connectivity index (χ1) is 36.5. The van der Waals surface area contributed by atoms with Gasteiger partial charge in [0.1, 0.15) is 0 Å². The quantitative estimate of drug-likeness (QED) is 0.0320. The van der Waals surface area contributed by atoms with E-state index in [1.165, 1.54) is 283 Å². The Bertz CT molecular complexity index is 1200. The largest absolute Gasteiger partial charge is 0.466 e. The van der Waals surface area contributed by atoms with Gasteiger partial charge in [0.25, 0.3) is 0 Å². The third-order valence-corrected chi connectivity index (χ3v) is 15.4. The molecule has 0 saturated carbocycles. The number of aliphatic hydroxyl groups excluding tert-OH is 2. The van der Waals surface area contributed by atoms with E-state index in [1.807, 2.05) is 6.08 Å². The zero-order chi connectivity index (χ0) is 53.6. The van der Waals surface area contributed by atoms with Crippen LogP contribution in [0.3, 0.4) is 0 Å². The van der Waals surface area contributed by atoms with E-state index in [0.717, 1.165) is 51.4 Å². The van der Waals surface area contributed by atoms with Gasteiger partial charge in [-0.2, -0.15) is 0 Å². The van der Waals surface area contributed by atoms with Crippen LogP contribution in [0.2, 0.25) is 0 Å². The van der Waals surface area contributed by atoms with Gasteiger partial charge in [-0.15, -0.1) is 0 Å². The first-order valence-corrected chi connectivity index (χ1v) is 33.3. The SMILES string of the molecule is CCCCCC/C=C\C/C=C\CCCCCCCC(=O)OCCCCCCCCCCCCCCCCCCCCCCCCCCCCCC(=O)NC(CO)C(O)/C=C/CCCCCCCCCCCCCC. The Morgan fingerprint density at radius 2 is 0.676 bits per heavy atom. The van der Waals surface area contributed by atoms with Crippen LogP contribution in [0.25, 0.3) is 0 Å². The van der Waals surface area contributed by atoms with Crippen LogP contribution in [0.15, 0.2) is 36.5 Å². The highest BCUT2D eigenvalue weighted by Gasteiger charge is 2.18. The Morgan fingerprint density at radius 1 is 0.378 bits per heavy atom. The van der Waals surface area contributed by atoms with Gasteiger partial charge in [0.2, 0.25) is 5.91 Å². The second-order valence-electron chi connectivity index (χ2n) is 22.8. The Balaban J connectivity index is 3.36. The number of carbonyl (C=O) groups is 2. The van der Waals surface area contributed by atoms with Gasteiger partial charge < -0.3 is 20.3 Å². The molecule has 0 radical (unpaired) electrons. The standard InChI is InChI=1S/C68H129NO5/c1-3-5-7-9-11-13-15-17-19-34-38-42-46-50-54-58-62-68(73)74-63-59-55-51-47-43-39-35-32-30-28-26-24-22-20-21-23-25-27-29-31-33-37-41-45-49-53-57-61-67(72)69-65(64-70)66(71)60-56-52-48-44-40-36-18-16-14-12-10-8-6-4-2/h13,15,19,34,56,60,65-66,70-71H,3-12,14,16-18,20-33,35-55,57-59,61-64H2,1-2H3,(H,69,72)/b15-13-,34-19-,60-56+. The number of hydrogen-bond donors (Lipinski definition) is 3. The van der Waals surface area contributed by atoms with Crippen LogP contribution in [0.5, 0.6) is 0 Å². The molecule has 0 spiro atoms. The number of hydrogen-bond acceptors (Lipinski definition) is 5. The van der Waals surface area contributed by atoms with Crippen molar-refractivity contribution in [2.24, 2.45) is 0 Å². The van der Waals surface area contributed by atoms with Crippen molar-refractivity contribution in [2.75, 3.05) is 13.2 Å². The summed E-state index contributed by atoms with van der Waals surface area (Å²) in [6.07, 6.45) is 80.6. The normalized spacial score (nSPS) is 12.8. The predicted octanol–water partition coefficient (Wildman–Crippen LogP) is 21.1. The van der Waals surface area contributed by atoms with Gasteiger partial charge in [0, 0.05) is 12.8 Å². The van der Waals surface area contributed by atoms with Crippen LogP contribution in [-0.2, 0) is 14.3 Å². The fraction of sp³-hybridized carbons (Fsp3) is 0.882. The molecule has 6 heteroatoms. The van der Waals surface area contributed by atoms with Crippen molar-refractivity contribution in [1.29, 1.82) is 0 Å². The minimum Gasteiger partial charge on any atom is -0.466 e. The number of carbonyl (C=O) groups excluding carboxylic acids is 2. The molecule has 0 aromatic rings. The summed E-state index contributed by atoms with van der Waals surface area (Å²) in [4.78, 5) is 24.5. The van der Waals surface area contributed by atoms with Gasteiger partial charge in [-0.25, -0.2) is 0 Å². The topological polar surface area (TPSA) is 95.9 Å². The summed E-state index contributed by atoms with van der Waals surface area (Å²) >= 11 is 0. The van der Waals surface area contributed by atoms with E-state index < -0.39 is 12.1 Å². The molecule has 0 aliphatic rings. The lowest BCUT2D eigenvalue weighted by molar-refractivity contribution is -0.143. The first kappa shape index (κ1) is 72.1. The Labute approximate surface area is 462 Å². The highest BCUT2D eigenvalue weighted by Crippen LogP contribution is 2.18. The fourth-order valence-electron chi connectivity index (χ4n) is 10.3. The summed E-state index contributed by atoms with van der Waals surface area (Å²) in [7, 11) is 0. The molecule has 0 aromatic carbocycles. The maximum atomic E-state index is 12.5. The number of unbranched alkanes of at least 4 members (excludes halogenated alkanes) is 47. The summed E-state index contributed by atoms with van der Waals surface area (Å²) in [5.41, 5.74) is 0. The van der Waals surface area contributed by atoms with Gasteiger partial charge in [0.05, 0.1) is 25.4 Å². The minimum atomic E-state index is -0.842. The number of rotatable bonds is 62. The van der Waals surface area contributed by atoms with Crippen molar-refractivity contribution in [3.05, 3.63) is 36.5 Å². The van der Waals surface area contributed by atoms with E-state index in [2.05, 4.69) is 43.5 Å². The summed E-state index contributed by atoms with van der Waals surface area (Å²) in [5.74, 6) is -0.0597. The number of esters is 1. The highest BCUT2D eigenvalue weighted by atomic mass is 16.5. The molecule has 436 valence electrons. The number of allylic oxidation sites excluding steroid dienone is 5. The summed E-state index contributed by atoms with van der Waals surface area (Å²) in [6, 6.07) is -0.625. The van der Waals surface area contributed by atoms with Crippen LogP contribution in [0.4, 0.5) is 0 Å². The average molecular weight is 1040 g/mol. The molecule has 3 N–H and O–H groups in total. The van der Waals surface area contributed by atoms with Gasteiger partial charge in [-0.3, -0.25) is 9.59 Å². The Morgan fingerprint density at radius 3 is 1.04 bits per heavy atom. The monoisotopic (exact) mass is 1040 g/mol. The molecule has 1 amide bonds. The van der Waals surface area contributed by atoms with Crippen molar-refractivity contribution >= 4 is 11.9 Å². The summed E-state index contributed by atoms with van der Waals surface area (Å²) in [6.45, 7) is 4.90. The number of nitrogens with one attached hydrogen (secondary N) is 1. The van der Waals surface area contributed by atoms with Crippen LogP contribution >= 0.6 is 0 Å². The van der Waals surface area contributed by atoms with Crippen LogP contribution in [0, 0.1) is 0 Å². The predicted molar refractivity (Wildman–Crippen MR) is 324 cm³/mol. The van der Waals surface area contributed by atoms with E-state index in [9.17, 15) is 19.8 Å². The minimum absolute atomic E-state index is 0.00435. The molecule has 0 aliphatic heterocycles. The van der Waals surface area contributed by atoms with E-state index in [-0.39, 0.29) is 18.5 Å². The molecule has 0 aliphatic carbocycles. The number of amides is 1. The third kappa shape index (κ3) is 59.3. The molecule has 0 fully saturated rings. The molecule has 0 saturated heterocycles. The lowest BCUT2D eigenvalue weighted by atomic mass is 10.0. The molecule has 0 heterocycles. The average Bonchev–Trinajstić information content (AvgIpc) is 3.40. The zero-order valence-electron chi connectivity index (χ0n) is 49.8. The number of ether oxygens (including phenoxy) is 1. The Kier molecular flexibility index (Phi) is 62.0. The van der Waals surface area contributed by atoms with Crippen molar-refractivity contribution < 1.29 is 24.5 Å². The Hall–Kier alpha value is -1.92. The molecule has 0 rings (SSSR count). The maximum Gasteiger partial charge on any atom is 0.305 e. The molecule has 0 bridgehead atoms. The second kappa shape index (κ2) is 63.6. The van der Waals surface area contributed by atoms with E-state index in [4.69, 9.17) is 4.74 Å². The van der Waals surface area contributed by atoms with Crippen LogP contribution in [-0.4, -0.2) is 47.4 Å². The highest BCUT2D eigenvalue weighted by molar-refractivity contribution is 5.76. The van der Waals surface area contributed by atoms with Gasteiger partial charge in [-0.05, 0) is 64.2 Å². The second-order valence-corrected chi connectivity index (χ2v) is 22.8. The third-order valence-electron chi connectivity index (χ3n) is 15.4. The zero-order valence-corrected chi connectivity index (χ0v) is 49.8. The summed E-state index contributed by atoms with van der Waals surface area (Å²) < 4.78 is 5.49. The van der Waals surface area contributed by atoms with Gasteiger partial charge >= 0.3 is 5.97 Å². The smallest absolute Gasteiger partial charge is 0.305 e. The fourth-order valence-corrected chi connectivity index (χ4v) is 10.3. The molecular formula is C68H129NO5. The lowest BCUT2D eigenvalue weighted by Gasteiger charge is -2.20. The summed E-state index contributed by atoms with van der Waals surface area (Å²) in [5, 5.41) is 23.1. The van der Waals surface area contributed by atoms with Crippen molar-refractivity contribution in [1.82, 2.24) is 5.32 Å². The first-order valence-electron chi connectivity index (χ1n) is 33.3. The molecule has 74 heavy (non-hydrogen) atoms. The molecule has 6 nitrogen and oxygen atoms in total. The maximum absolute atomic E-state index is 12.5. The molecular weight excluding hydrogens is 911 g/mol. The van der Waals surface area contributed by atoms with E-state index in [0.29, 0.717) is 19.4 Å². The van der Waals surface area contributed by atoms with Gasteiger partial charge in [-0.1, -0.05) is 320 Å². The molecule has 0 aromatic heterocycles. The van der Waals surface area contributed by atoms with E-state index in [1.54, 1.807) is 6.08 Å². The van der Waals surface area contributed by atoms with Crippen molar-refractivity contribution in [3.63, 3.8) is 0 Å². The van der Waals surface area contributed by atoms with Crippen LogP contribution in [0.1, 0.15) is 361 Å². The van der Waals surface area contributed by atoms with Gasteiger partial charge in [0.15, 0.2) is 0 Å². The van der Waals surface area contributed by atoms with E-state index >= 15 is 0 Å².